The average molecular weight is 334 g/mol. The molecule has 2 aromatic heterocycles. The van der Waals surface area contributed by atoms with E-state index in [1.54, 1.807) is 12.1 Å². The van der Waals surface area contributed by atoms with Crippen molar-refractivity contribution in [2.45, 2.75) is 12.7 Å². The van der Waals surface area contributed by atoms with E-state index in [1.165, 1.54) is 23.0 Å². The Bertz CT molecular complexity index is 744. The van der Waals surface area contributed by atoms with Gasteiger partial charge in [0.1, 0.15) is 5.75 Å². The van der Waals surface area contributed by atoms with Gasteiger partial charge in [0.25, 0.3) is 10.1 Å². The van der Waals surface area contributed by atoms with Crippen LogP contribution in [0.1, 0.15) is 5.69 Å². The number of pyridine rings is 1. The summed E-state index contributed by atoms with van der Waals surface area (Å²) in [6.45, 7) is 0.0534. The summed E-state index contributed by atoms with van der Waals surface area (Å²) in [4.78, 5) is 0. The first-order valence-corrected chi connectivity index (χ1v) is 7.62. The van der Waals surface area contributed by atoms with Gasteiger partial charge >= 0.3 is 6.18 Å². The molecule has 0 radical (unpaired) electrons. The van der Waals surface area contributed by atoms with E-state index in [0.29, 0.717) is 5.56 Å². The predicted molar refractivity (Wildman–Crippen MR) is 69.1 cm³/mol. The average Bonchev–Trinajstić information content (AvgIpc) is 2.44. The molecule has 2 aromatic rings. The zero-order valence-electron chi connectivity index (χ0n) is 11.0. The molecule has 2 heterocycles. The van der Waals surface area contributed by atoms with Crippen LogP contribution in [0.3, 0.4) is 0 Å². The van der Waals surface area contributed by atoms with Crippen molar-refractivity contribution in [2.75, 3.05) is 5.75 Å². The highest BCUT2D eigenvalue weighted by Crippen LogP contribution is 2.27. The molecule has 0 saturated heterocycles. The SMILES string of the molecule is O=S(=O)(O)CC[n+]1ccc(-c2ccc(C(F)(F)F)nn2)cc1. The van der Waals surface area contributed by atoms with Crippen molar-refractivity contribution in [1.82, 2.24) is 10.2 Å². The smallest absolute Gasteiger partial charge is 0.285 e. The maximum atomic E-state index is 12.4. The number of nitrogens with zero attached hydrogens (tertiary/aromatic N) is 3. The van der Waals surface area contributed by atoms with Crippen LogP contribution in [0.4, 0.5) is 13.2 Å². The Hall–Kier alpha value is -2.07. The van der Waals surface area contributed by atoms with Crippen molar-refractivity contribution < 1.29 is 30.7 Å². The minimum atomic E-state index is -4.54. The number of rotatable bonds is 4. The highest BCUT2D eigenvalue weighted by atomic mass is 32.2. The van der Waals surface area contributed by atoms with Gasteiger partial charge in [-0.05, 0) is 12.1 Å². The van der Waals surface area contributed by atoms with Gasteiger partial charge in [0, 0.05) is 17.7 Å². The second-order valence-corrected chi connectivity index (χ2v) is 5.98. The molecule has 0 unspecified atom stereocenters. The summed E-state index contributed by atoms with van der Waals surface area (Å²) < 4.78 is 68.6. The monoisotopic (exact) mass is 334 g/mol. The van der Waals surface area contributed by atoms with Crippen LogP contribution in [-0.4, -0.2) is 28.9 Å². The quantitative estimate of drug-likeness (QED) is 0.674. The summed E-state index contributed by atoms with van der Waals surface area (Å²) in [5.74, 6) is -0.433. The van der Waals surface area contributed by atoms with Gasteiger partial charge < -0.3 is 0 Å². The highest BCUT2D eigenvalue weighted by molar-refractivity contribution is 7.85. The molecule has 2 rings (SSSR count). The number of alkyl halides is 3. The topological polar surface area (TPSA) is 84.0 Å². The summed E-state index contributed by atoms with van der Waals surface area (Å²) >= 11 is 0. The highest BCUT2D eigenvalue weighted by Gasteiger charge is 2.32. The normalized spacial score (nSPS) is 12.4. The Balaban J connectivity index is 2.13. The van der Waals surface area contributed by atoms with Crippen molar-refractivity contribution in [1.29, 1.82) is 0 Å². The van der Waals surface area contributed by atoms with Crippen LogP contribution >= 0.6 is 0 Å². The van der Waals surface area contributed by atoms with E-state index in [2.05, 4.69) is 10.2 Å². The lowest BCUT2D eigenvalue weighted by Crippen LogP contribution is -2.36. The lowest BCUT2D eigenvalue weighted by atomic mass is 10.2. The number of hydrogen-bond donors (Lipinski definition) is 1. The molecule has 0 aliphatic rings. The minimum absolute atomic E-state index is 0.0534. The van der Waals surface area contributed by atoms with Crippen LogP contribution in [0.25, 0.3) is 11.3 Å². The molecule has 10 heteroatoms. The van der Waals surface area contributed by atoms with Gasteiger partial charge in [-0.1, -0.05) is 0 Å². The molecule has 0 aliphatic carbocycles. The third-order valence-electron chi connectivity index (χ3n) is 2.75. The Morgan fingerprint density at radius 1 is 1.09 bits per heavy atom. The molecule has 0 aliphatic heterocycles. The standard InChI is InChI=1S/C12H10F3N3O3S/c13-12(14,15)11-2-1-10(16-17-11)9-3-5-18(6-4-9)7-8-22(19,20)21/h1-6H,7-8H2/p+1. The summed E-state index contributed by atoms with van der Waals surface area (Å²) in [6.07, 6.45) is -1.49. The fourth-order valence-electron chi connectivity index (χ4n) is 1.64. The van der Waals surface area contributed by atoms with E-state index in [0.717, 1.165) is 6.07 Å². The summed E-state index contributed by atoms with van der Waals surface area (Å²) in [6, 6.07) is 5.15. The van der Waals surface area contributed by atoms with Gasteiger partial charge in [-0.15, -0.1) is 10.2 Å². The van der Waals surface area contributed by atoms with Crippen molar-refractivity contribution >= 4 is 10.1 Å². The number of halogens is 3. The van der Waals surface area contributed by atoms with Crippen molar-refractivity contribution in [3.63, 3.8) is 0 Å². The number of aryl methyl sites for hydroxylation is 1. The van der Waals surface area contributed by atoms with Gasteiger partial charge in [-0.25, -0.2) is 4.57 Å². The fourth-order valence-corrected chi connectivity index (χ4v) is 2.08. The molecule has 1 N–H and O–H groups in total. The molecule has 0 fully saturated rings. The van der Waals surface area contributed by atoms with E-state index in [9.17, 15) is 21.6 Å². The van der Waals surface area contributed by atoms with Gasteiger partial charge in [0.05, 0.1) is 5.69 Å². The van der Waals surface area contributed by atoms with E-state index in [-0.39, 0.29) is 12.2 Å². The fraction of sp³-hybridized carbons (Fsp3) is 0.250. The third kappa shape index (κ3) is 4.46. The largest absolute Gasteiger partial charge is 0.435 e. The molecular weight excluding hydrogens is 323 g/mol. The Morgan fingerprint density at radius 2 is 1.73 bits per heavy atom. The van der Waals surface area contributed by atoms with Crippen LogP contribution in [-0.2, 0) is 22.8 Å². The molecule has 0 atom stereocenters. The minimum Gasteiger partial charge on any atom is -0.285 e. The number of hydrogen-bond acceptors (Lipinski definition) is 4. The van der Waals surface area contributed by atoms with Crippen LogP contribution in [0.5, 0.6) is 0 Å². The van der Waals surface area contributed by atoms with Crippen molar-refractivity contribution in [2.24, 2.45) is 0 Å². The van der Waals surface area contributed by atoms with E-state index >= 15 is 0 Å². The second-order valence-electron chi connectivity index (χ2n) is 4.41. The van der Waals surface area contributed by atoms with Gasteiger partial charge in [-0.2, -0.15) is 21.6 Å². The van der Waals surface area contributed by atoms with Crippen LogP contribution < -0.4 is 4.57 Å². The zero-order chi connectivity index (χ0) is 16.4. The Morgan fingerprint density at radius 3 is 2.18 bits per heavy atom. The first kappa shape index (κ1) is 16.3. The maximum absolute atomic E-state index is 12.4. The Labute approximate surface area is 124 Å². The molecule has 6 nitrogen and oxygen atoms in total. The van der Waals surface area contributed by atoms with Gasteiger partial charge in [0.2, 0.25) is 0 Å². The maximum Gasteiger partial charge on any atom is 0.435 e. The molecular formula is C12H11F3N3O3S+. The molecule has 118 valence electrons. The molecule has 0 bridgehead atoms. The summed E-state index contributed by atoms with van der Waals surface area (Å²) in [7, 11) is -4.05. The van der Waals surface area contributed by atoms with E-state index in [4.69, 9.17) is 4.55 Å². The second kappa shape index (κ2) is 5.97. The lowest BCUT2D eigenvalue weighted by molar-refractivity contribution is -0.692. The first-order valence-electron chi connectivity index (χ1n) is 6.01. The van der Waals surface area contributed by atoms with Crippen LogP contribution in [0.2, 0.25) is 0 Å². The van der Waals surface area contributed by atoms with Crippen LogP contribution in [0.15, 0.2) is 36.7 Å². The third-order valence-corrected chi connectivity index (χ3v) is 3.45. The van der Waals surface area contributed by atoms with Crippen molar-refractivity contribution in [3.05, 3.63) is 42.4 Å². The zero-order valence-corrected chi connectivity index (χ0v) is 11.8. The van der Waals surface area contributed by atoms with Gasteiger partial charge in [0.15, 0.2) is 24.6 Å². The summed E-state index contributed by atoms with van der Waals surface area (Å²) in [5, 5.41) is 6.64. The predicted octanol–water partition coefficient (Wildman–Crippen LogP) is 1.34. The Kier molecular flexibility index (Phi) is 4.42. The molecule has 0 amide bonds. The van der Waals surface area contributed by atoms with E-state index < -0.39 is 27.7 Å². The molecule has 22 heavy (non-hydrogen) atoms. The number of aromatic nitrogens is 3. The molecule has 0 aromatic carbocycles. The van der Waals surface area contributed by atoms with Crippen molar-refractivity contribution in [3.8, 4) is 11.3 Å². The lowest BCUT2D eigenvalue weighted by Gasteiger charge is -2.05. The molecule has 0 spiro atoms. The van der Waals surface area contributed by atoms with Crippen LogP contribution in [0, 0.1) is 0 Å². The summed E-state index contributed by atoms with van der Waals surface area (Å²) in [5.41, 5.74) is -0.283. The van der Waals surface area contributed by atoms with E-state index in [1.807, 2.05) is 0 Å². The molecule has 0 saturated carbocycles. The van der Waals surface area contributed by atoms with Gasteiger partial charge in [-0.3, -0.25) is 4.55 Å². The first-order chi connectivity index (χ1) is 10.1.